The van der Waals surface area contributed by atoms with E-state index < -0.39 is 5.60 Å². The van der Waals surface area contributed by atoms with Crippen LogP contribution >= 0.6 is 0 Å². The number of hydrogen-bond donors (Lipinski definition) is 2. The van der Waals surface area contributed by atoms with Gasteiger partial charge < -0.3 is 19.7 Å². The van der Waals surface area contributed by atoms with Crippen molar-refractivity contribution in [2.75, 3.05) is 20.8 Å². The van der Waals surface area contributed by atoms with Gasteiger partial charge in [-0.2, -0.15) is 0 Å². The highest BCUT2D eigenvalue weighted by Gasteiger charge is 2.31. The molecular formula is C18H22O4. The second kappa shape index (κ2) is 7.29. The molecule has 0 fully saturated rings. The Morgan fingerprint density at radius 3 is 1.55 bits per heavy atom. The molecule has 0 radical (unpaired) electrons. The van der Waals surface area contributed by atoms with E-state index in [-0.39, 0.29) is 6.61 Å². The van der Waals surface area contributed by atoms with Crippen molar-refractivity contribution in [2.24, 2.45) is 0 Å². The number of aliphatic hydroxyl groups excluding tert-OH is 1. The van der Waals surface area contributed by atoms with Gasteiger partial charge in [-0.05, 0) is 48.2 Å². The number of aliphatic hydroxyl groups is 2. The fourth-order valence-electron chi connectivity index (χ4n) is 2.52. The zero-order valence-electron chi connectivity index (χ0n) is 13.0. The molecule has 4 heteroatoms. The predicted octanol–water partition coefficient (Wildman–Crippen LogP) is 2.71. The van der Waals surface area contributed by atoms with Gasteiger partial charge in [0.1, 0.15) is 17.1 Å². The van der Waals surface area contributed by atoms with Crippen LogP contribution < -0.4 is 9.47 Å². The van der Waals surface area contributed by atoms with Crippen molar-refractivity contribution < 1.29 is 19.7 Å². The van der Waals surface area contributed by atoms with Crippen LogP contribution in [0.4, 0.5) is 0 Å². The van der Waals surface area contributed by atoms with Crippen LogP contribution in [0.1, 0.15) is 24.0 Å². The molecule has 0 bridgehead atoms. The summed E-state index contributed by atoms with van der Waals surface area (Å²) in [5.41, 5.74) is 0.389. The second-order valence-electron chi connectivity index (χ2n) is 5.14. The number of ether oxygens (including phenoxy) is 2. The Labute approximate surface area is 130 Å². The molecule has 0 unspecified atom stereocenters. The van der Waals surface area contributed by atoms with E-state index in [0.29, 0.717) is 12.8 Å². The largest absolute Gasteiger partial charge is 0.497 e. The summed E-state index contributed by atoms with van der Waals surface area (Å²) in [7, 11) is 3.22. The lowest BCUT2D eigenvalue weighted by Gasteiger charge is -2.29. The summed E-state index contributed by atoms with van der Waals surface area (Å²) in [6, 6.07) is 14.7. The molecule has 0 amide bonds. The van der Waals surface area contributed by atoms with E-state index >= 15 is 0 Å². The van der Waals surface area contributed by atoms with E-state index in [4.69, 9.17) is 14.6 Å². The monoisotopic (exact) mass is 302 g/mol. The zero-order chi connectivity index (χ0) is 16.0. The minimum absolute atomic E-state index is 0.0363. The molecule has 0 spiro atoms. The van der Waals surface area contributed by atoms with E-state index in [0.717, 1.165) is 22.6 Å². The highest BCUT2D eigenvalue weighted by atomic mass is 16.5. The van der Waals surface area contributed by atoms with Gasteiger partial charge in [0, 0.05) is 6.61 Å². The van der Waals surface area contributed by atoms with E-state index in [1.807, 2.05) is 48.5 Å². The molecule has 2 aromatic carbocycles. The van der Waals surface area contributed by atoms with E-state index in [2.05, 4.69) is 0 Å². The Kier molecular flexibility index (Phi) is 5.41. The molecule has 0 saturated carbocycles. The first kappa shape index (κ1) is 16.3. The first-order valence-electron chi connectivity index (χ1n) is 7.26. The van der Waals surface area contributed by atoms with E-state index in [1.165, 1.54) is 0 Å². The van der Waals surface area contributed by atoms with Crippen LogP contribution in [-0.4, -0.2) is 31.0 Å². The van der Waals surface area contributed by atoms with Crippen molar-refractivity contribution >= 4 is 0 Å². The Morgan fingerprint density at radius 2 is 1.23 bits per heavy atom. The lowest BCUT2D eigenvalue weighted by atomic mass is 9.82. The van der Waals surface area contributed by atoms with Gasteiger partial charge in [-0.15, -0.1) is 0 Å². The van der Waals surface area contributed by atoms with Crippen molar-refractivity contribution in [3.05, 3.63) is 59.7 Å². The molecule has 2 rings (SSSR count). The fourth-order valence-corrected chi connectivity index (χ4v) is 2.52. The summed E-state index contributed by atoms with van der Waals surface area (Å²) in [4.78, 5) is 0. The van der Waals surface area contributed by atoms with Gasteiger partial charge in [-0.1, -0.05) is 24.3 Å². The number of benzene rings is 2. The summed E-state index contributed by atoms with van der Waals surface area (Å²) in [5, 5.41) is 20.4. The van der Waals surface area contributed by atoms with Crippen molar-refractivity contribution in [3.63, 3.8) is 0 Å². The summed E-state index contributed by atoms with van der Waals surface area (Å²) in [5.74, 6) is 1.48. The standard InChI is InChI=1S/C18H22O4/c1-21-16-8-4-14(5-9-16)18(20,12-3-13-19)15-6-10-17(22-2)11-7-15/h4-11,19-20H,3,12-13H2,1-2H3. The van der Waals surface area contributed by atoms with Gasteiger partial charge in [0.25, 0.3) is 0 Å². The van der Waals surface area contributed by atoms with Crippen molar-refractivity contribution in [2.45, 2.75) is 18.4 Å². The van der Waals surface area contributed by atoms with Gasteiger partial charge in [0.05, 0.1) is 14.2 Å². The van der Waals surface area contributed by atoms with Crippen LogP contribution in [0, 0.1) is 0 Å². The summed E-state index contributed by atoms with van der Waals surface area (Å²) in [6.45, 7) is 0.0363. The van der Waals surface area contributed by atoms with Gasteiger partial charge in [-0.3, -0.25) is 0 Å². The maximum atomic E-state index is 11.2. The molecule has 0 aliphatic heterocycles. The molecule has 0 aliphatic rings. The van der Waals surface area contributed by atoms with E-state index in [1.54, 1.807) is 14.2 Å². The third kappa shape index (κ3) is 3.40. The Balaban J connectivity index is 2.40. The summed E-state index contributed by atoms with van der Waals surface area (Å²) < 4.78 is 10.3. The molecule has 0 aliphatic carbocycles. The molecule has 118 valence electrons. The van der Waals surface area contributed by atoms with Crippen LogP contribution in [0.15, 0.2) is 48.5 Å². The molecule has 22 heavy (non-hydrogen) atoms. The van der Waals surface area contributed by atoms with Gasteiger partial charge in [-0.25, -0.2) is 0 Å². The van der Waals surface area contributed by atoms with E-state index in [9.17, 15) is 5.11 Å². The zero-order valence-corrected chi connectivity index (χ0v) is 13.0. The number of methoxy groups -OCH3 is 2. The average molecular weight is 302 g/mol. The predicted molar refractivity (Wildman–Crippen MR) is 85.3 cm³/mol. The number of rotatable bonds is 7. The lowest BCUT2D eigenvalue weighted by Crippen LogP contribution is -2.27. The van der Waals surface area contributed by atoms with Crippen LogP contribution in [0.25, 0.3) is 0 Å². The molecule has 0 saturated heterocycles. The summed E-state index contributed by atoms with van der Waals surface area (Å²) in [6.07, 6.45) is 0.941. The first-order chi connectivity index (χ1) is 10.6. The Morgan fingerprint density at radius 1 is 0.818 bits per heavy atom. The maximum absolute atomic E-state index is 11.2. The van der Waals surface area contributed by atoms with Gasteiger partial charge in [0.2, 0.25) is 0 Å². The van der Waals surface area contributed by atoms with Crippen LogP contribution in [0.2, 0.25) is 0 Å². The van der Waals surface area contributed by atoms with Gasteiger partial charge >= 0.3 is 0 Å². The van der Waals surface area contributed by atoms with Crippen LogP contribution in [-0.2, 0) is 5.60 Å². The summed E-state index contributed by atoms with van der Waals surface area (Å²) >= 11 is 0. The van der Waals surface area contributed by atoms with Crippen molar-refractivity contribution in [1.29, 1.82) is 0 Å². The molecule has 2 N–H and O–H groups in total. The molecular weight excluding hydrogens is 280 g/mol. The highest BCUT2D eigenvalue weighted by molar-refractivity contribution is 5.40. The maximum Gasteiger partial charge on any atom is 0.118 e. The minimum atomic E-state index is -1.15. The number of hydrogen-bond acceptors (Lipinski definition) is 4. The average Bonchev–Trinajstić information content (AvgIpc) is 2.59. The second-order valence-corrected chi connectivity index (χ2v) is 5.14. The minimum Gasteiger partial charge on any atom is -0.497 e. The van der Waals surface area contributed by atoms with Gasteiger partial charge in [0.15, 0.2) is 0 Å². The smallest absolute Gasteiger partial charge is 0.118 e. The van der Waals surface area contributed by atoms with Crippen LogP contribution in [0.5, 0.6) is 11.5 Å². The highest BCUT2D eigenvalue weighted by Crippen LogP contribution is 2.35. The fraction of sp³-hybridized carbons (Fsp3) is 0.333. The van der Waals surface area contributed by atoms with Crippen molar-refractivity contribution in [1.82, 2.24) is 0 Å². The SMILES string of the molecule is COc1ccc(C(O)(CCCO)c2ccc(OC)cc2)cc1. The topological polar surface area (TPSA) is 58.9 Å². The Bertz CT molecular complexity index is 528. The van der Waals surface area contributed by atoms with Crippen LogP contribution in [0.3, 0.4) is 0 Å². The molecule has 0 heterocycles. The Hall–Kier alpha value is -2.04. The molecule has 4 nitrogen and oxygen atoms in total. The molecule has 0 aromatic heterocycles. The molecule has 2 aromatic rings. The molecule has 0 atom stereocenters. The normalized spacial score (nSPS) is 11.3. The third-order valence-electron chi connectivity index (χ3n) is 3.83. The third-order valence-corrected chi connectivity index (χ3v) is 3.83. The first-order valence-corrected chi connectivity index (χ1v) is 7.26. The van der Waals surface area contributed by atoms with Crippen molar-refractivity contribution in [3.8, 4) is 11.5 Å². The lowest BCUT2D eigenvalue weighted by molar-refractivity contribution is 0.0625. The quantitative estimate of drug-likeness (QED) is 0.825.